The van der Waals surface area contributed by atoms with Crippen LogP contribution in [0.3, 0.4) is 0 Å². The molecule has 0 radical (unpaired) electrons. The summed E-state index contributed by atoms with van der Waals surface area (Å²) in [6, 6.07) is 14.2. The van der Waals surface area contributed by atoms with Gasteiger partial charge in [0.25, 0.3) is 5.91 Å². The van der Waals surface area contributed by atoms with Crippen molar-refractivity contribution in [2.75, 3.05) is 13.1 Å². The van der Waals surface area contributed by atoms with E-state index in [1.807, 2.05) is 6.07 Å². The molecule has 0 bridgehead atoms. The van der Waals surface area contributed by atoms with E-state index in [-0.39, 0.29) is 17.2 Å². The molecule has 1 amide bonds. The first-order valence-corrected chi connectivity index (χ1v) is 10.1. The molecule has 1 saturated heterocycles. The van der Waals surface area contributed by atoms with Gasteiger partial charge in [0, 0.05) is 12.1 Å². The van der Waals surface area contributed by atoms with E-state index >= 15 is 0 Å². The van der Waals surface area contributed by atoms with E-state index < -0.39 is 28.0 Å². The molecule has 26 heavy (non-hydrogen) atoms. The van der Waals surface area contributed by atoms with Gasteiger partial charge in [-0.3, -0.25) is 4.79 Å². The van der Waals surface area contributed by atoms with Gasteiger partial charge in [0.15, 0.2) is 9.84 Å². The first kappa shape index (κ1) is 18.5. The van der Waals surface area contributed by atoms with Crippen molar-refractivity contribution < 1.29 is 17.6 Å². The molecule has 2 N–H and O–H groups in total. The Morgan fingerprint density at radius 1 is 1.12 bits per heavy atom. The van der Waals surface area contributed by atoms with Crippen LogP contribution in [0.25, 0.3) is 0 Å². The third kappa shape index (κ3) is 4.47. The molecule has 0 aliphatic carbocycles. The van der Waals surface area contributed by atoms with E-state index in [0.29, 0.717) is 24.1 Å². The Labute approximate surface area is 152 Å². The zero-order valence-electron chi connectivity index (χ0n) is 14.2. The van der Waals surface area contributed by atoms with Gasteiger partial charge in [-0.15, -0.1) is 0 Å². The fourth-order valence-corrected chi connectivity index (χ4v) is 4.27. The van der Waals surface area contributed by atoms with Crippen LogP contribution in [0.15, 0.2) is 59.5 Å². The maximum atomic E-state index is 13.8. The molecule has 7 heteroatoms. The lowest BCUT2D eigenvalue weighted by Gasteiger charge is -2.27. The van der Waals surface area contributed by atoms with Crippen LogP contribution >= 0.6 is 0 Å². The molecule has 138 valence electrons. The molecule has 2 unspecified atom stereocenters. The van der Waals surface area contributed by atoms with Crippen LogP contribution in [0.1, 0.15) is 22.3 Å². The topological polar surface area (TPSA) is 75.3 Å². The number of piperidine rings is 1. The quantitative estimate of drug-likeness (QED) is 0.838. The summed E-state index contributed by atoms with van der Waals surface area (Å²) in [7, 11) is -3.49. The molecule has 0 saturated carbocycles. The number of hydrogen-bond acceptors (Lipinski definition) is 4. The summed E-state index contributed by atoms with van der Waals surface area (Å²) in [6.45, 7) is 0.879. The standard InChI is InChI=1S/C19H21FN2O3S/c20-17-12-21-11-10-18(17)22-19(23)15-6-8-16(9-7-15)26(24,25)13-14-4-2-1-3-5-14/h1-9,17-18,21H,10-13H2,(H,22,23). The molecule has 5 nitrogen and oxygen atoms in total. The van der Waals surface area contributed by atoms with Gasteiger partial charge in [-0.25, -0.2) is 12.8 Å². The van der Waals surface area contributed by atoms with Gasteiger partial charge in [0.1, 0.15) is 6.17 Å². The second kappa shape index (κ2) is 7.97. The monoisotopic (exact) mass is 376 g/mol. The number of carbonyl (C=O) groups excluding carboxylic acids is 1. The number of halogens is 1. The number of rotatable bonds is 5. The number of carbonyl (C=O) groups is 1. The molecule has 1 aliphatic rings. The average Bonchev–Trinajstić information content (AvgIpc) is 2.64. The summed E-state index contributed by atoms with van der Waals surface area (Å²) >= 11 is 0. The van der Waals surface area contributed by atoms with Crippen molar-refractivity contribution in [1.29, 1.82) is 0 Å². The summed E-state index contributed by atoms with van der Waals surface area (Å²) < 4.78 is 38.8. The predicted octanol–water partition coefficient (Wildman–Crippen LogP) is 2.09. The molecule has 0 aromatic heterocycles. The van der Waals surface area contributed by atoms with Crippen LogP contribution in [-0.4, -0.2) is 39.6 Å². The lowest BCUT2D eigenvalue weighted by molar-refractivity contribution is 0.0892. The molecule has 3 rings (SSSR count). The molecule has 2 aromatic carbocycles. The van der Waals surface area contributed by atoms with E-state index in [1.165, 1.54) is 24.3 Å². The molecular formula is C19H21FN2O3S. The van der Waals surface area contributed by atoms with E-state index in [2.05, 4.69) is 10.6 Å². The zero-order chi connectivity index (χ0) is 18.6. The maximum Gasteiger partial charge on any atom is 0.251 e. The molecule has 0 spiro atoms. The summed E-state index contributed by atoms with van der Waals surface area (Å²) in [5, 5.41) is 5.61. The molecular weight excluding hydrogens is 355 g/mol. The maximum absolute atomic E-state index is 13.8. The zero-order valence-corrected chi connectivity index (χ0v) is 15.0. The van der Waals surface area contributed by atoms with Crippen LogP contribution in [0, 0.1) is 0 Å². The van der Waals surface area contributed by atoms with Crippen molar-refractivity contribution in [1.82, 2.24) is 10.6 Å². The van der Waals surface area contributed by atoms with E-state index in [9.17, 15) is 17.6 Å². The number of nitrogens with one attached hydrogen (secondary N) is 2. The lowest BCUT2D eigenvalue weighted by atomic mass is 10.0. The highest BCUT2D eigenvalue weighted by Gasteiger charge is 2.26. The number of sulfone groups is 1. The molecule has 2 aromatic rings. The summed E-state index contributed by atoms with van der Waals surface area (Å²) in [6.07, 6.45) is -0.602. The van der Waals surface area contributed by atoms with Crippen molar-refractivity contribution in [3.05, 3.63) is 65.7 Å². The van der Waals surface area contributed by atoms with Gasteiger partial charge in [-0.1, -0.05) is 30.3 Å². The van der Waals surface area contributed by atoms with Crippen LogP contribution in [0.5, 0.6) is 0 Å². The Kier molecular flexibility index (Phi) is 5.68. The lowest BCUT2D eigenvalue weighted by Crippen LogP contribution is -2.50. The normalized spacial score (nSPS) is 20.5. The Morgan fingerprint density at radius 3 is 2.46 bits per heavy atom. The van der Waals surface area contributed by atoms with Gasteiger partial charge in [-0.05, 0) is 42.8 Å². The van der Waals surface area contributed by atoms with Crippen LogP contribution in [0.4, 0.5) is 4.39 Å². The first-order chi connectivity index (χ1) is 12.5. The minimum atomic E-state index is -3.49. The van der Waals surface area contributed by atoms with Crippen molar-refractivity contribution in [3.8, 4) is 0 Å². The third-order valence-corrected chi connectivity index (χ3v) is 6.10. The van der Waals surface area contributed by atoms with E-state index in [1.54, 1.807) is 24.3 Å². The fraction of sp³-hybridized carbons (Fsp3) is 0.316. The van der Waals surface area contributed by atoms with E-state index in [0.717, 1.165) is 0 Å². The Morgan fingerprint density at radius 2 is 1.81 bits per heavy atom. The van der Waals surface area contributed by atoms with Gasteiger partial charge in [-0.2, -0.15) is 0 Å². The minimum Gasteiger partial charge on any atom is -0.346 e. The van der Waals surface area contributed by atoms with Crippen LogP contribution in [-0.2, 0) is 15.6 Å². The highest BCUT2D eigenvalue weighted by molar-refractivity contribution is 7.90. The van der Waals surface area contributed by atoms with Crippen LogP contribution in [0.2, 0.25) is 0 Å². The summed E-state index contributed by atoms with van der Waals surface area (Å²) in [5.74, 6) is -0.496. The van der Waals surface area contributed by atoms with Crippen LogP contribution < -0.4 is 10.6 Å². The van der Waals surface area contributed by atoms with Gasteiger partial charge in [0.05, 0.1) is 16.7 Å². The molecule has 1 heterocycles. The number of hydrogen-bond donors (Lipinski definition) is 2. The molecule has 2 atom stereocenters. The number of benzene rings is 2. The highest BCUT2D eigenvalue weighted by Crippen LogP contribution is 2.17. The van der Waals surface area contributed by atoms with Crippen molar-refractivity contribution in [2.45, 2.75) is 29.3 Å². The predicted molar refractivity (Wildman–Crippen MR) is 97.4 cm³/mol. The smallest absolute Gasteiger partial charge is 0.251 e. The summed E-state index contributed by atoms with van der Waals surface area (Å²) in [5.41, 5.74) is 1.02. The number of alkyl halides is 1. The van der Waals surface area contributed by atoms with Gasteiger partial charge >= 0.3 is 0 Å². The largest absolute Gasteiger partial charge is 0.346 e. The second-order valence-corrected chi connectivity index (χ2v) is 8.35. The van der Waals surface area contributed by atoms with Crippen molar-refractivity contribution >= 4 is 15.7 Å². The Hall–Kier alpha value is -2.25. The first-order valence-electron chi connectivity index (χ1n) is 8.48. The Bertz CT molecular complexity index is 854. The van der Waals surface area contributed by atoms with Gasteiger partial charge in [0.2, 0.25) is 0 Å². The van der Waals surface area contributed by atoms with Crippen molar-refractivity contribution in [2.24, 2.45) is 0 Å². The van der Waals surface area contributed by atoms with E-state index in [4.69, 9.17) is 0 Å². The average molecular weight is 376 g/mol. The Balaban J connectivity index is 1.68. The summed E-state index contributed by atoms with van der Waals surface area (Å²) in [4.78, 5) is 12.4. The number of amides is 1. The van der Waals surface area contributed by atoms with Gasteiger partial charge < -0.3 is 10.6 Å². The SMILES string of the molecule is O=C(NC1CCNCC1F)c1ccc(S(=O)(=O)Cc2ccccc2)cc1. The second-order valence-electron chi connectivity index (χ2n) is 6.36. The highest BCUT2D eigenvalue weighted by atomic mass is 32.2. The fourth-order valence-electron chi connectivity index (χ4n) is 2.93. The molecule has 1 aliphatic heterocycles. The van der Waals surface area contributed by atoms with Crippen molar-refractivity contribution in [3.63, 3.8) is 0 Å². The minimum absolute atomic E-state index is 0.0992. The molecule has 1 fully saturated rings. The third-order valence-electron chi connectivity index (χ3n) is 4.40.